The molecule has 0 saturated heterocycles. The summed E-state index contributed by atoms with van der Waals surface area (Å²) < 4.78 is 0. The van der Waals surface area contributed by atoms with E-state index in [2.05, 4.69) is 5.32 Å². The van der Waals surface area contributed by atoms with Crippen LogP contribution in [0.5, 0.6) is 0 Å². The predicted octanol–water partition coefficient (Wildman–Crippen LogP) is 5.69. The Morgan fingerprint density at radius 2 is 1.65 bits per heavy atom. The molecule has 0 spiro atoms. The fourth-order valence-corrected chi connectivity index (χ4v) is 2.55. The maximum Gasteiger partial charge on any atom is 0.187 e. The zero-order valence-corrected chi connectivity index (χ0v) is 13.5. The summed E-state index contributed by atoms with van der Waals surface area (Å²) in [5.74, 6) is -0.0188. The standard InChI is InChI=1S/C20H16ClNO/c1-14(22-19-10-8-18(21)9-11-19)12-20(23)17-7-6-15-4-2-3-5-16(15)13-17/h2-13,22H,1H3/b14-12-. The van der Waals surface area contributed by atoms with Crippen molar-refractivity contribution in [3.05, 3.63) is 89.1 Å². The topological polar surface area (TPSA) is 29.1 Å². The molecule has 3 heteroatoms. The fourth-order valence-electron chi connectivity index (χ4n) is 2.42. The molecular weight excluding hydrogens is 306 g/mol. The molecule has 0 fully saturated rings. The zero-order chi connectivity index (χ0) is 16.2. The Labute approximate surface area is 140 Å². The van der Waals surface area contributed by atoms with Crippen LogP contribution in [0.25, 0.3) is 10.8 Å². The average Bonchev–Trinajstić information content (AvgIpc) is 2.56. The van der Waals surface area contributed by atoms with Crippen LogP contribution in [-0.2, 0) is 0 Å². The summed E-state index contributed by atoms with van der Waals surface area (Å²) in [6.07, 6.45) is 1.61. The third-order valence-electron chi connectivity index (χ3n) is 3.57. The summed E-state index contributed by atoms with van der Waals surface area (Å²) >= 11 is 5.86. The van der Waals surface area contributed by atoms with Gasteiger partial charge in [0, 0.05) is 28.0 Å². The van der Waals surface area contributed by atoms with Crippen molar-refractivity contribution in [2.75, 3.05) is 5.32 Å². The number of halogens is 1. The number of carbonyl (C=O) groups is 1. The maximum atomic E-state index is 12.4. The number of benzene rings is 3. The summed E-state index contributed by atoms with van der Waals surface area (Å²) in [6.45, 7) is 1.87. The number of fused-ring (bicyclic) bond motifs is 1. The van der Waals surface area contributed by atoms with Crippen LogP contribution in [-0.4, -0.2) is 5.78 Å². The minimum absolute atomic E-state index is 0.0188. The van der Waals surface area contributed by atoms with Gasteiger partial charge in [-0.2, -0.15) is 0 Å². The molecule has 0 saturated carbocycles. The van der Waals surface area contributed by atoms with Crippen LogP contribution < -0.4 is 5.32 Å². The first-order chi connectivity index (χ1) is 11.1. The molecule has 0 atom stereocenters. The molecule has 0 aliphatic rings. The smallest absolute Gasteiger partial charge is 0.187 e. The molecule has 23 heavy (non-hydrogen) atoms. The van der Waals surface area contributed by atoms with Crippen LogP contribution in [0.4, 0.5) is 5.69 Å². The zero-order valence-electron chi connectivity index (χ0n) is 12.7. The van der Waals surface area contributed by atoms with E-state index in [0.717, 1.165) is 22.2 Å². The van der Waals surface area contributed by atoms with Crippen molar-refractivity contribution in [1.82, 2.24) is 0 Å². The number of hydrogen-bond donors (Lipinski definition) is 1. The highest BCUT2D eigenvalue weighted by Gasteiger charge is 2.05. The van der Waals surface area contributed by atoms with Gasteiger partial charge in [0.2, 0.25) is 0 Å². The van der Waals surface area contributed by atoms with Crippen molar-refractivity contribution < 1.29 is 4.79 Å². The van der Waals surface area contributed by atoms with E-state index in [1.165, 1.54) is 0 Å². The second-order valence-electron chi connectivity index (χ2n) is 5.39. The minimum atomic E-state index is -0.0188. The average molecular weight is 322 g/mol. The maximum absolute atomic E-state index is 12.4. The van der Waals surface area contributed by atoms with Crippen LogP contribution in [0.15, 0.2) is 78.5 Å². The van der Waals surface area contributed by atoms with Crippen molar-refractivity contribution in [2.45, 2.75) is 6.92 Å². The van der Waals surface area contributed by atoms with Crippen LogP contribution in [0.3, 0.4) is 0 Å². The molecule has 3 rings (SSSR count). The molecule has 1 N–H and O–H groups in total. The molecule has 0 heterocycles. The van der Waals surface area contributed by atoms with Gasteiger partial charge in [-0.1, -0.05) is 48.0 Å². The lowest BCUT2D eigenvalue weighted by atomic mass is 10.0. The second kappa shape index (κ2) is 6.67. The van der Waals surface area contributed by atoms with Crippen LogP contribution in [0.1, 0.15) is 17.3 Å². The van der Waals surface area contributed by atoms with Gasteiger partial charge in [-0.15, -0.1) is 0 Å². The minimum Gasteiger partial charge on any atom is -0.359 e. The van der Waals surface area contributed by atoms with E-state index in [9.17, 15) is 4.79 Å². The van der Waals surface area contributed by atoms with E-state index in [4.69, 9.17) is 11.6 Å². The van der Waals surface area contributed by atoms with Gasteiger partial charge in [0.15, 0.2) is 5.78 Å². The lowest BCUT2D eigenvalue weighted by molar-refractivity contribution is 0.104. The largest absolute Gasteiger partial charge is 0.359 e. The number of anilines is 1. The molecule has 0 unspecified atom stereocenters. The molecule has 0 radical (unpaired) electrons. The van der Waals surface area contributed by atoms with Crippen molar-refractivity contribution in [3.63, 3.8) is 0 Å². The van der Waals surface area contributed by atoms with Gasteiger partial charge in [-0.3, -0.25) is 4.79 Å². The number of hydrogen-bond acceptors (Lipinski definition) is 2. The number of ketones is 1. The number of nitrogens with one attached hydrogen (secondary N) is 1. The Morgan fingerprint density at radius 1 is 0.957 bits per heavy atom. The number of carbonyl (C=O) groups excluding carboxylic acids is 1. The SMILES string of the molecule is C/C(=C/C(=O)c1ccc2ccccc2c1)Nc1ccc(Cl)cc1. The van der Waals surface area contributed by atoms with Crippen LogP contribution >= 0.6 is 11.6 Å². The van der Waals surface area contributed by atoms with Crippen LogP contribution in [0.2, 0.25) is 5.02 Å². The molecule has 0 aliphatic carbocycles. The second-order valence-corrected chi connectivity index (χ2v) is 5.82. The van der Waals surface area contributed by atoms with E-state index in [1.54, 1.807) is 6.08 Å². The summed E-state index contributed by atoms with van der Waals surface area (Å²) in [7, 11) is 0. The quantitative estimate of drug-likeness (QED) is 0.494. The van der Waals surface area contributed by atoms with Gasteiger partial charge in [0.25, 0.3) is 0 Å². The molecule has 3 aromatic carbocycles. The highest BCUT2D eigenvalue weighted by atomic mass is 35.5. The van der Waals surface area contributed by atoms with E-state index in [-0.39, 0.29) is 5.78 Å². The molecule has 114 valence electrons. The summed E-state index contributed by atoms with van der Waals surface area (Å²) in [4.78, 5) is 12.4. The van der Waals surface area contributed by atoms with Crippen LogP contribution in [0, 0.1) is 0 Å². The van der Waals surface area contributed by atoms with Crippen molar-refractivity contribution in [2.24, 2.45) is 0 Å². The Bertz CT molecular complexity index is 882. The first-order valence-electron chi connectivity index (χ1n) is 7.36. The Morgan fingerprint density at radius 3 is 2.39 bits per heavy atom. The van der Waals surface area contributed by atoms with E-state index in [0.29, 0.717) is 10.6 Å². The van der Waals surface area contributed by atoms with Crippen molar-refractivity contribution in [3.8, 4) is 0 Å². The van der Waals surface area contributed by atoms with E-state index >= 15 is 0 Å². The lowest BCUT2D eigenvalue weighted by Gasteiger charge is -2.07. The summed E-state index contributed by atoms with van der Waals surface area (Å²) in [6, 6.07) is 21.1. The van der Waals surface area contributed by atoms with Gasteiger partial charge < -0.3 is 5.32 Å². The van der Waals surface area contributed by atoms with E-state index in [1.807, 2.05) is 73.7 Å². The number of allylic oxidation sites excluding steroid dienone is 2. The molecule has 3 aromatic rings. The van der Waals surface area contributed by atoms with Crippen molar-refractivity contribution >= 4 is 33.8 Å². The molecule has 2 nitrogen and oxygen atoms in total. The van der Waals surface area contributed by atoms with Gasteiger partial charge in [-0.25, -0.2) is 0 Å². The highest BCUT2D eigenvalue weighted by molar-refractivity contribution is 6.30. The normalized spacial score (nSPS) is 11.5. The Kier molecular flexibility index (Phi) is 4.45. The van der Waals surface area contributed by atoms with Crippen molar-refractivity contribution in [1.29, 1.82) is 0 Å². The molecule has 0 amide bonds. The first kappa shape index (κ1) is 15.3. The molecular formula is C20H16ClNO. The molecule has 0 bridgehead atoms. The predicted molar refractivity (Wildman–Crippen MR) is 97.1 cm³/mol. The fraction of sp³-hybridized carbons (Fsp3) is 0.0500. The van der Waals surface area contributed by atoms with Gasteiger partial charge in [0.05, 0.1) is 0 Å². The van der Waals surface area contributed by atoms with Gasteiger partial charge >= 0.3 is 0 Å². The summed E-state index contributed by atoms with van der Waals surface area (Å²) in [5.41, 5.74) is 2.36. The number of rotatable bonds is 4. The third-order valence-corrected chi connectivity index (χ3v) is 3.82. The third kappa shape index (κ3) is 3.79. The Hall–Kier alpha value is -2.58. The molecule has 0 aromatic heterocycles. The van der Waals surface area contributed by atoms with Gasteiger partial charge in [0.1, 0.15) is 0 Å². The first-order valence-corrected chi connectivity index (χ1v) is 7.74. The lowest BCUT2D eigenvalue weighted by Crippen LogP contribution is -2.01. The monoisotopic (exact) mass is 321 g/mol. The van der Waals surface area contributed by atoms with Gasteiger partial charge in [-0.05, 0) is 48.0 Å². The Balaban J connectivity index is 1.79. The highest BCUT2D eigenvalue weighted by Crippen LogP contribution is 2.18. The summed E-state index contributed by atoms with van der Waals surface area (Å²) in [5, 5.41) is 6.07. The molecule has 0 aliphatic heterocycles. The van der Waals surface area contributed by atoms with E-state index < -0.39 is 0 Å².